The van der Waals surface area contributed by atoms with Gasteiger partial charge in [-0.25, -0.2) is 4.98 Å². The van der Waals surface area contributed by atoms with Crippen LogP contribution in [-0.2, 0) is 20.7 Å². The molecule has 19 heavy (non-hydrogen) atoms. The first-order chi connectivity index (χ1) is 9.34. The molecule has 2 rings (SSSR count). The standard InChI is InChI=1S/C13H20N2O3S/c16-12(14-5-4-13-15-6-8-19-13)10-17-9-11-3-1-2-7-18-11/h6,8,11H,1-5,7,9-10H2,(H,14,16). The van der Waals surface area contributed by atoms with Crippen molar-refractivity contribution in [2.75, 3.05) is 26.4 Å². The van der Waals surface area contributed by atoms with Crippen LogP contribution in [0.1, 0.15) is 24.3 Å². The Morgan fingerprint density at radius 2 is 2.53 bits per heavy atom. The van der Waals surface area contributed by atoms with Crippen molar-refractivity contribution in [3.63, 3.8) is 0 Å². The van der Waals surface area contributed by atoms with Gasteiger partial charge in [-0.3, -0.25) is 4.79 Å². The number of carbonyl (C=O) groups excluding carboxylic acids is 1. The van der Waals surface area contributed by atoms with E-state index in [1.807, 2.05) is 5.38 Å². The zero-order valence-electron chi connectivity index (χ0n) is 11.0. The van der Waals surface area contributed by atoms with Crippen LogP contribution in [-0.4, -0.2) is 43.4 Å². The summed E-state index contributed by atoms with van der Waals surface area (Å²) in [5, 5.41) is 5.79. The Hall–Kier alpha value is -0.980. The predicted molar refractivity (Wildman–Crippen MR) is 73.2 cm³/mol. The molecular formula is C13H20N2O3S. The molecule has 1 amide bonds. The van der Waals surface area contributed by atoms with E-state index in [1.54, 1.807) is 17.5 Å². The van der Waals surface area contributed by atoms with E-state index < -0.39 is 0 Å². The molecule has 1 fully saturated rings. The normalized spacial score (nSPS) is 19.3. The maximum absolute atomic E-state index is 11.5. The van der Waals surface area contributed by atoms with E-state index in [-0.39, 0.29) is 18.6 Å². The van der Waals surface area contributed by atoms with Crippen LogP contribution in [0.3, 0.4) is 0 Å². The first-order valence-electron chi connectivity index (χ1n) is 6.69. The van der Waals surface area contributed by atoms with Crippen molar-refractivity contribution in [2.24, 2.45) is 0 Å². The van der Waals surface area contributed by atoms with Crippen LogP contribution < -0.4 is 5.32 Å². The lowest BCUT2D eigenvalue weighted by atomic mass is 10.1. The van der Waals surface area contributed by atoms with E-state index in [1.165, 1.54) is 6.42 Å². The predicted octanol–water partition coefficient (Wildman–Crippen LogP) is 1.39. The van der Waals surface area contributed by atoms with Crippen LogP contribution in [0.2, 0.25) is 0 Å². The molecule has 1 unspecified atom stereocenters. The Bertz CT molecular complexity index is 364. The largest absolute Gasteiger partial charge is 0.376 e. The van der Waals surface area contributed by atoms with Gasteiger partial charge in [-0.2, -0.15) is 0 Å². The fourth-order valence-electron chi connectivity index (χ4n) is 1.96. The van der Waals surface area contributed by atoms with E-state index >= 15 is 0 Å². The van der Waals surface area contributed by atoms with Crippen molar-refractivity contribution in [1.29, 1.82) is 0 Å². The molecular weight excluding hydrogens is 264 g/mol. The maximum atomic E-state index is 11.5. The van der Waals surface area contributed by atoms with Crippen LogP contribution in [0, 0.1) is 0 Å². The van der Waals surface area contributed by atoms with Crippen molar-refractivity contribution < 1.29 is 14.3 Å². The van der Waals surface area contributed by atoms with Crippen molar-refractivity contribution in [1.82, 2.24) is 10.3 Å². The fourth-order valence-corrected chi connectivity index (χ4v) is 2.58. The van der Waals surface area contributed by atoms with E-state index in [2.05, 4.69) is 10.3 Å². The van der Waals surface area contributed by atoms with Gasteiger partial charge in [0.05, 0.1) is 17.7 Å². The first-order valence-corrected chi connectivity index (χ1v) is 7.57. The molecule has 1 saturated heterocycles. The second-order valence-corrected chi connectivity index (χ2v) is 5.51. The lowest BCUT2D eigenvalue weighted by molar-refractivity contribution is -0.127. The van der Waals surface area contributed by atoms with Crippen LogP contribution in [0.5, 0.6) is 0 Å². The highest BCUT2D eigenvalue weighted by atomic mass is 32.1. The van der Waals surface area contributed by atoms with Crippen molar-refractivity contribution in [3.05, 3.63) is 16.6 Å². The second kappa shape index (κ2) is 8.24. The lowest BCUT2D eigenvalue weighted by Gasteiger charge is -2.22. The number of carbonyl (C=O) groups is 1. The number of hydrogen-bond donors (Lipinski definition) is 1. The minimum absolute atomic E-state index is 0.0765. The number of nitrogens with one attached hydrogen (secondary N) is 1. The number of amides is 1. The van der Waals surface area contributed by atoms with Gasteiger partial charge in [0.1, 0.15) is 6.61 Å². The minimum atomic E-state index is -0.0765. The molecule has 0 aliphatic carbocycles. The van der Waals surface area contributed by atoms with Gasteiger partial charge in [0, 0.05) is 31.1 Å². The molecule has 0 saturated carbocycles. The van der Waals surface area contributed by atoms with E-state index in [9.17, 15) is 4.79 Å². The van der Waals surface area contributed by atoms with Gasteiger partial charge >= 0.3 is 0 Å². The van der Waals surface area contributed by atoms with Crippen molar-refractivity contribution in [2.45, 2.75) is 31.8 Å². The lowest BCUT2D eigenvalue weighted by Crippen LogP contribution is -2.32. The number of aromatic nitrogens is 1. The highest BCUT2D eigenvalue weighted by Gasteiger charge is 2.14. The average Bonchev–Trinajstić information content (AvgIpc) is 2.93. The molecule has 1 N–H and O–H groups in total. The van der Waals surface area contributed by atoms with Crippen LogP contribution >= 0.6 is 11.3 Å². The Balaban J connectivity index is 1.49. The molecule has 1 aromatic rings. The van der Waals surface area contributed by atoms with E-state index in [0.29, 0.717) is 13.2 Å². The van der Waals surface area contributed by atoms with Crippen molar-refractivity contribution >= 4 is 17.2 Å². The number of rotatable bonds is 7. The van der Waals surface area contributed by atoms with E-state index in [0.717, 1.165) is 30.9 Å². The van der Waals surface area contributed by atoms with Crippen LogP contribution in [0.25, 0.3) is 0 Å². The molecule has 106 valence electrons. The number of thiazole rings is 1. The summed E-state index contributed by atoms with van der Waals surface area (Å²) >= 11 is 1.60. The highest BCUT2D eigenvalue weighted by molar-refractivity contribution is 7.09. The third-order valence-electron chi connectivity index (χ3n) is 2.96. The fraction of sp³-hybridized carbons (Fsp3) is 0.692. The molecule has 1 aliphatic rings. The average molecular weight is 284 g/mol. The third-order valence-corrected chi connectivity index (χ3v) is 3.79. The molecule has 5 nitrogen and oxygen atoms in total. The van der Waals surface area contributed by atoms with Gasteiger partial charge in [0.25, 0.3) is 0 Å². The van der Waals surface area contributed by atoms with Crippen molar-refractivity contribution in [3.8, 4) is 0 Å². The smallest absolute Gasteiger partial charge is 0.246 e. The number of nitrogens with zero attached hydrogens (tertiary/aromatic N) is 1. The Morgan fingerprint density at radius 1 is 1.58 bits per heavy atom. The molecule has 6 heteroatoms. The van der Waals surface area contributed by atoms with Gasteiger partial charge in [-0.05, 0) is 19.3 Å². The third kappa shape index (κ3) is 5.67. The molecule has 0 radical (unpaired) electrons. The number of hydrogen-bond acceptors (Lipinski definition) is 5. The summed E-state index contributed by atoms with van der Waals surface area (Å²) in [7, 11) is 0. The van der Waals surface area contributed by atoms with Gasteiger partial charge in [0.15, 0.2) is 0 Å². The van der Waals surface area contributed by atoms with Gasteiger partial charge in [0.2, 0.25) is 5.91 Å². The molecule has 0 bridgehead atoms. The molecule has 1 aliphatic heterocycles. The molecule has 0 spiro atoms. The van der Waals surface area contributed by atoms with E-state index in [4.69, 9.17) is 9.47 Å². The van der Waals surface area contributed by atoms with Crippen LogP contribution in [0.15, 0.2) is 11.6 Å². The molecule has 0 aromatic carbocycles. The summed E-state index contributed by atoms with van der Waals surface area (Å²) in [6, 6.07) is 0. The number of ether oxygens (including phenoxy) is 2. The SMILES string of the molecule is O=C(COCC1CCCCO1)NCCc1nccs1. The monoisotopic (exact) mass is 284 g/mol. The van der Waals surface area contributed by atoms with Gasteiger partial charge in [-0.1, -0.05) is 0 Å². The quantitative estimate of drug-likeness (QED) is 0.822. The Morgan fingerprint density at radius 3 is 3.26 bits per heavy atom. The summed E-state index contributed by atoms with van der Waals surface area (Å²) in [6.07, 6.45) is 6.06. The molecule has 1 aromatic heterocycles. The Labute approximate surface area is 117 Å². The zero-order chi connectivity index (χ0) is 13.3. The molecule has 1 atom stereocenters. The zero-order valence-corrected chi connectivity index (χ0v) is 11.8. The topological polar surface area (TPSA) is 60.5 Å². The second-order valence-electron chi connectivity index (χ2n) is 4.53. The van der Waals surface area contributed by atoms with Gasteiger partial charge < -0.3 is 14.8 Å². The summed E-state index contributed by atoms with van der Waals surface area (Å²) in [5.74, 6) is -0.0765. The molecule has 2 heterocycles. The summed E-state index contributed by atoms with van der Waals surface area (Å²) < 4.78 is 10.9. The van der Waals surface area contributed by atoms with Crippen LogP contribution in [0.4, 0.5) is 0 Å². The summed E-state index contributed by atoms with van der Waals surface area (Å²) in [4.78, 5) is 15.7. The minimum Gasteiger partial charge on any atom is -0.376 e. The summed E-state index contributed by atoms with van der Waals surface area (Å²) in [6.45, 7) is 2.04. The highest BCUT2D eigenvalue weighted by Crippen LogP contribution is 2.12. The Kier molecular flexibility index (Phi) is 6.26. The maximum Gasteiger partial charge on any atom is 0.246 e. The van der Waals surface area contributed by atoms with Gasteiger partial charge in [-0.15, -0.1) is 11.3 Å². The first kappa shape index (κ1) is 14.4. The summed E-state index contributed by atoms with van der Waals surface area (Å²) in [5.41, 5.74) is 0.